The molecule has 0 saturated heterocycles. The van der Waals surface area contributed by atoms with Crippen molar-refractivity contribution in [3.63, 3.8) is 0 Å². The van der Waals surface area contributed by atoms with Crippen molar-refractivity contribution in [1.29, 1.82) is 0 Å². The molecule has 0 radical (unpaired) electrons. The zero-order chi connectivity index (χ0) is 28.3. The normalized spacial score (nSPS) is 11.6. The molecule has 0 aromatic heterocycles. The maximum Gasteiger partial charge on any atom is 0.320 e. The van der Waals surface area contributed by atoms with E-state index < -0.39 is 12.0 Å². The number of carboxylic acid groups (broad SMARTS) is 1. The van der Waals surface area contributed by atoms with E-state index in [2.05, 4.69) is 4.90 Å². The summed E-state index contributed by atoms with van der Waals surface area (Å²) in [6.45, 7) is 1.44. The second kappa shape index (κ2) is 14.0. The fourth-order valence-electron chi connectivity index (χ4n) is 4.22. The summed E-state index contributed by atoms with van der Waals surface area (Å²) in [5.41, 5.74) is 7.75. The summed E-state index contributed by atoms with van der Waals surface area (Å²) < 4.78 is 23.3. The van der Waals surface area contributed by atoms with Crippen LogP contribution in [-0.4, -0.2) is 42.8 Å². The van der Waals surface area contributed by atoms with Crippen LogP contribution in [0.4, 0.5) is 0 Å². The number of hydrogen-bond donors (Lipinski definition) is 2. The van der Waals surface area contributed by atoms with Gasteiger partial charge in [-0.3, -0.25) is 9.69 Å². The number of methoxy groups -OCH3 is 2. The summed E-state index contributed by atoms with van der Waals surface area (Å²) in [4.78, 5) is 13.6. The molecular formula is C32H34N2O6. The molecule has 40 heavy (non-hydrogen) atoms. The first-order valence-electron chi connectivity index (χ1n) is 13.0. The van der Waals surface area contributed by atoms with Gasteiger partial charge in [0.25, 0.3) is 0 Å². The lowest BCUT2D eigenvalue weighted by atomic mass is 10.1. The van der Waals surface area contributed by atoms with Crippen LogP contribution in [0.25, 0.3) is 0 Å². The van der Waals surface area contributed by atoms with Crippen molar-refractivity contribution in [2.45, 2.75) is 25.6 Å². The van der Waals surface area contributed by atoms with Gasteiger partial charge in [0, 0.05) is 36.8 Å². The van der Waals surface area contributed by atoms with Crippen LogP contribution in [0.5, 0.6) is 34.5 Å². The van der Waals surface area contributed by atoms with E-state index in [1.54, 1.807) is 14.2 Å². The van der Waals surface area contributed by atoms with Gasteiger partial charge in [0.15, 0.2) is 11.5 Å². The number of para-hydroxylation sites is 4. The molecule has 3 N–H and O–H groups in total. The van der Waals surface area contributed by atoms with Crippen molar-refractivity contribution in [1.82, 2.24) is 4.90 Å². The second-order valence-corrected chi connectivity index (χ2v) is 9.19. The number of aliphatic carboxylic acids is 1. The van der Waals surface area contributed by atoms with E-state index in [1.807, 2.05) is 97.1 Å². The molecule has 0 saturated carbocycles. The number of hydrogen-bond acceptors (Lipinski definition) is 7. The summed E-state index contributed by atoms with van der Waals surface area (Å²) in [5.74, 6) is 2.94. The average Bonchev–Trinajstić information content (AvgIpc) is 2.98. The van der Waals surface area contributed by atoms with Crippen LogP contribution in [0, 0.1) is 0 Å². The molecule has 0 heterocycles. The van der Waals surface area contributed by atoms with Gasteiger partial charge < -0.3 is 29.8 Å². The molecule has 0 bridgehead atoms. The number of carbonyl (C=O) groups is 1. The highest BCUT2D eigenvalue weighted by molar-refractivity contribution is 5.73. The molecule has 208 valence electrons. The lowest BCUT2D eigenvalue weighted by Gasteiger charge is -2.25. The molecule has 0 aliphatic carbocycles. The number of benzene rings is 4. The lowest BCUT2D eigenvalue weighted by molar-refractivity contribution is -0.138. The Labute approximate surface area is 234 Å². The van der Waals surface area contributed by atoms with Crippen molar-refractivity contribution < 1.29 is 28.8 Å². The first kappa shape index (κ1) is 28.5. The fourth-order valence-corrected chi connectivity index (χ4v) is 4.22. The molecule has 8 nitrogen and oxygen atoms in total. The molecule has 4 aromatic carbocycles. The van der Waals surface area contributed by atoms with E-state index in [9.17, 15) is 9.90 Å². The summed E-state index contributed by atoms with van der Waals surface area (Å²) in [6.07, 6.45) is 0.282. The molecule has 1 atom stereocenters. The Kier molecular flexibility index (Phi) is 9.99. The van der Waals surface area contributed by atoms with Gasteiger partial charge in [0.05, 0.1) is 14.2 Å². The van der Waals surface area contributed by atoms with Crippen LogP contribution in [0.2, 0.25) is 0 Å². The average molecular weight is 543 g/mol. The van der Waals surface area contributed by atoms with Crippen molar-refractivity contribution in [3.05, 3.63) is 108 Å². The first-order valence-corrected chi connectivity index (χ1v) is 13.0. The monoisotopic (exact) mass is 542 g/mol. The minimum atomic E-state index is -1.03. The van der Waals surface area contributed by atoms with Crippen LogP contribution in [0.3, 0.4) is 0 Å². The third-order valence-electron chi connectivity index (χ3n) is 6.36. The predicted molar refractivity (Wildman–Crippen MR) is 153 cm³/mol. The molecule has 0 aliphatic heterocycles. The van der Waals surface area contributed by atoms with Crippen LogP contribution in [-0.2, 0) is 17.9 Å². The Hall–Kier alpha value is -4.53. The Bertz CT molecular complexity index is 1410. The summed E-state index contributed by atoms with van der Waals surface area (Å²) >= 11 is 0. The largest absolute Gasteiger partial charge is 0.497 e. The highest BCUT2D eigenvalue weighted by Crippen LogP contribution is 2.34. The first-order chi connectivity index (χ1) is 19.5. The van der Waals surface area contributed by atoms with Crippen molar-refractivity contribution in [2.24, 2.45) is 5.73 Å². The number of rotatable bonds is 14. The maximum atomic E-state index is 11.5. The number of nitrogens with two attached hydrogens (primary N) is 1. The molecule has 0 spiro atoms. The van der Waals surface area contributed by atoms with Gasteiger partial charge in [0.1, 0.15) is 29.0 Å². The topological polar surface area (TPSA) is 103 Å². The highest BCUT2D eigenvalue weighted by atomic mass is 16.5. The standard InChI is InChI=1S/C32H34N2O6/c1-37-25-12-9-13-26(20-25)39-28-14-5-3-10-23(28)21-34(19-18-27(33)32(35)36)22-24-11-4-6-15-29(24)40-31-17-8-7-16-30(31)38-2/h3-17,20,27H,18-19,21-22,33H2,1-2H3,(H,35,36)/t27-/m1/s1. The number of carboxylic acids is 1. The smallest absolute Gasteiger partial charge is 0.320 e. The summed E-state index contributed by atoms with van der Waals surface area (Å²) in [6, 6.07) is 29.5. The van der Waals surface area contributed by atoms with E-state index in [1.165, 1.54) is 0 Å². The van der Waals surface area contributed by atoms with Gasteiger partial charge in [-0.25, -0.2) is 0 Å². The fraction of sp³-hybridized carbons (Fsp3) is 0.219. The zero-order valence-electron chi connectivity index (χ0n) is 22.7. The predicted octanol–water partition coefficient (Wildman–Crippen LogP) is 6.09. The van der Waals surface area contributed by atoms with Gasteiger partial charge in [0.2, 0.25) is 0 Å². The van der Waals surface area contributed by atoms with E-state index in [4.69, 9.17) is 24.7 Å². The van der Waals surface area contributed by atoms with Crippen LogP contribution < -0.4 is 24.7 Å². The van der Waals surface area contributed by atoms with Gasteiger partial charge >= 0.3 is 5.97 Å². The van der Waals surface area contributed by atoms with Crippen LogP contribution >= 0.6 is 0 Å². The molecule has 0 fully saturated rings. The van der Waals surface area contributed by atoms with Crippen LogP contribution in [0.1, 0.15) is 17.5 Å². The van der Waals surface area contributed by atoms with Gasteiger partial charge in [-0.05, 0) is 42.8 Å². The minimum Gasteiger partial charge on any atom is -0.497 e. The molecule has 4 rings (SSSR count). The number of ether oxygens (including phenoxy) is 4. The van der Waals surface area contributed by atoms with Crippen molar-refractivity contribution in [2.75, 3.05) is 20.8 Å². The molecule has 4 aromatic rings. The molecule has 8 heteroatoms. The molecule has 0 aliphatic rings. The van der Waals surface area contributed by atoms with E-state index in [0.717, 1.165) is 11.1 Å². The lowest BCUT2D eigenvalue weighted by Crippen LogP contribution is -2.35. The second-order valence-electron chi connectivity index (χ2n) is 9.19. The summed E-state index contributed by atoms with van der Waals surface area (Å²) in [7, 11) is 3.22. The summed E-state index contributed by atoms with van der Waals surface area (Å²) in [5, 5.41) is 9.38. The third-order valence-corrected chi connectivity index (χ3v) is 6.36. The van der Waals surface area contributed by atoms with Gasteiger partial charge in [-0.15, -0.1) is 0 Å². The van der Waals surface area contributed by atoms with Crippen LogP contribution in [0.15, 0.2) is 97.1 Å². The third kappa shape index (κ3) is 7.75. The Morgan fingerprint density at radius 3 is 1.88 bits per heavy atom. The van der Waals surface area contributed by atoms with E-state index in [0.29, 0.717) is 54.1 Å². The van der Waals surface area contributed by atoms with Crippen molar-refractivity contribution >= 4 is 5.97 Å². The Morgan fingerprint density at radius 1 is 0.725 bits per heavy atom. The Morgan fingerprint density at radius 2 is 1.27 bits per heavy atom. The quantitative estimate of drug-likeness (QED) is 0.197. The van der Waals surface area contributed by atoms with Gasteiger partial charge in [-0.1, -0.05) is 54.6 Å². The SMILES string of the molecule is COc1cccc(Oc2ccccc2CN(CC[C@@H](N)C(=O)O)Cc2ccccc2Oc2ccccc2OC)c1. The van der Waals surface area contributed by atoms with Crippen molar-refractivity contribution in [3.8, 4) is 34.5 Å². The highest BCUT2D eigenvalue weighted by Gasteiger charge is 2.18. The molecule has 0 amide bonds. The molecular weight excluding hydrogens is 508 g/mol. The number of nitrogens with zero attached hydrogens (tertiary/aromatic N) is 1. The van der Waals surface area contributed by atoms with E-state index in [-0.39, 0.29) is 6.42 Å². The zero-order valence-corrected chi connectivity index (χ0v) is 22.7. The maximum absolute atomic E-state index is 11.5. The minimum absolute atomic E-state index is 0.282. The van der Waals surface area contributed by atoms with E-state index >= 15 is 0 Å². The Balaban J connectivity index is 1.59. The van der Waals surface area contributed by atoms with Gasteiger partial charge in [-0.2, -0.15) is 0 Å². The molecule has 0 unspecified atom stereocenters.